The molecule has 144 valence electrons. The average molecular weight is 404 g/mol. The fraction of sp³-hybridized carbons (Fsp3) is 0.467. The smallest absolute Gasteiger partial charge is 0.319 e. The summed E-state index contributed by atoms with van der Waals surface area (Å²) in [6, 6.07) is 4.55. The maximum absolute atomic E-state index is 12.9. The fourth-order valence-corrected chi connectivity index (χ4v) is 7.42. The summed E-state index contributed by atoms with van der Waals surface area (Å²) in [6.07, 6.45) is 0. The Labute approximate surface area is 151 Å². The molecule has 0 aliphatic carbocycles. The van der Waals surface area contributed by atoms with E-state index < -0.39 is 42.7 Å². The van der Waals surface area contributed by atoms with Crippen molar-refractivity contribution in [2.75, 3.05) is 30.5 Å². The third-order valence-corrected chi connectivity index (χ3v) is 8.11. The first-order chi connectivity index (χ1) is 12.0. The molecular formula is C15H20N2O7S2. The van der Waals surface area contributed by atoms with Crippen molar-refractivity contribution in [3.8, 4) is 0 Å². The Balaban J connectivity index is 2.26. The van der Waals surface area contributed by atoms with E-state index in [9.17, 15) is 26.4 Å². The van der Waals surface area contributed by atoms with E-state index in [0.29, 0.717) is 5.69 Å². The topological polar surface area (TPSA) is 136 Å². The number of anilines is 1. The van der Waals surface area contributed by atoms with Crippen LogP contribution in [0.4, 0.5) is 5.69 Å². The number of rotatable bonds is 6. The second-order valence-electron chi connectivity index (χ2n) is 5.93. The Bertz CT molecular complexity index is 892. The summed E-state index contributed by atoms with van der Waals surface area (Å²) in [4.78, 5) is 22.2. The molecule has 1 amide bonds. The number of carbonyl (C=O) groups excluding carboxylic acids is 2. The van der Waals surface area contributed by atoms with Crippen LogP contribution < -0.4 is 10.6 Å². The number of amides is 1. The molecular weight excluding hydrogens is 384 g/mol. The van der Waals surface area contributed by atoms with Crippen molar-refractivity contribution >= 4 is 37.2 Å². The van der Waals surface area contributed by atoms with Crippen LogP contribution in [-0.2, 0) is 34.0 Å². The Kier molecular flexibility index (Phi) is 6.04. The van der Waals surface area contributed by atoms with E-state index in [-0.39, 0.29) is 23.1 Å². The summed E-state index contributed by atoms with van der Waals surface area (Å²) >= 11 is 0. The molecule has 0 aromatic heterocycles. The van der Waals surface area contributed by atoms with Crippen LogP contribution in [0.3, 0.4) is 0 Å². The van der Waals surface area contributed by atoms with Crippen LogP contribution >= 0.6 is 0 Å². The van der Waals surface area contributed by atoms with Crippen LogP contribution in [0, 0.1) is 0 Å². The fourth-order valence-electron chi connectivity index (χ4n) is 2.70. The Hall–Kier alpha value is -1.98. The lowest BCUT2D eigenvalue weighted by molar-refractivity contribution is -0.139. The average Bonchev–Trinajstić information content (AvgIpc) is 2.88. The number of ether oxygens (including phenoxy) is 1. The van der Waals surface area contributed by atoms with Gasteiger partial charge in [0, 0.05) is 18.7 Å². The van der Waals surface area contributed by atoms with E-state index in [1.54, 1.807) is 0 Å². The molecule has 1 heterocycles. The minimum atomic E-state index is -3.97. The zero-order valence-corrected chi connectivity index (χ0v) is 15.9. The quantitative estimate of drug-likeness (QED) is 0.597. The first kappa shape index (κ1) is 20.3. The van der Waals surface area contributed by atoms with Crippen LogP contribution in [0.15, 0.2) is 29.2 Å². The van der Waals surface area contributed by atoms with Gasteiger partial charge in [0.25, 0.3) is 0 Å². The van der Waals surface area contributed by atoms with E-state index in [1.165, 1.54) is 38.3 Å². The van der Waals surface area contributed by atoms with Crippen molar-refractivity contribution in [1.82, 2.24) is 5.32 Å². The molecule has 2 rings (SSSR count). The molecule has 2 N–H and O–H groups in total. The highest BCUT2D eigenvalue weighted by atomic mass is 32.2. The predicted molar refractivity (Wildman–Crippen MR) is 94.2 cm³/mol. The van der Waals surface area contributed by atoms with Gasteiger partial charge in [-0.25, -0.2) is 16.8 Å². The van der Waals surface area contributed by atoms with Crippen molar-refractivity contribution in [3.05, 3.63) is 24.3 Å². The molecule has 0 saturated carbocycles. The third-order valence-electron chi connectivity index (χ3n) is 3.94. The lowest BCUT2D eigenvalue weighted by Crippen LogP contribution is -2.45. The van der Waals surface area contributed by atoms with Gasteiger partial charge in [0.1, 0.15) is 0 Å². The van der Waals surface area contributed by atoms with Gasteiger partial charge in [-0.15, -0.1) is 0 Å². The molecule has 1 aliphatic heterocycles. The zero-order valence-electron chi connectivity index (χ0n) is 14.3. The van der Waals surface area contributed by atoms with Gasteiger partial charge in [-0.05, 0) is 24.3 Å². The van der Waals surface area contributed by atoms with Gasteiger partial charge >= 0.3 is 5.97 Å². The van der Waals surface area contributed by atoms with Crippen LogP contribution in [0.25, 0.3) is 0 Å². The van der Waals surface area contributed by atoms with Crippen molar-refractivity contribution in [2.24, 2.45) is 0 Å². The molecule has 9 nitrogen and oxygen atoms in total. The predicted octanol–water partition coefficient (Wildman–Crippen LogP) is -0.653. The molecule has 0 spiro atoms. The van der Waals surface area contributed by atoms with E-state index in [0.717, 1.165) is 0 Å². The number of benzene rings is 1. The summed E-state index contributed by atoms with van der Waals surface area (Å²) < 4.78 is 54.1. The normalized spacial score (nSPS) is 21.9. The lowest BCUT2D eigenvalue weighted by atomic mass is 10.2. The van der Waals surface area contributed by atoms with Crippen LogP contribution in [0.5, 0.6) is 0 Å². The van der Waals surface area contributed by atoms with Crippen LogP contribution in [0.2, 0.25) is 0 Å². The minimum absolute atomic E-state index is 0.0569. The van der Waals surface area contributed by atoms with Gasteiger partial charge in [-0.1, -0.05) is 0 Å². The first-order valence-electron chi connectivity index (χ1n) is 7.67. The van der Waals surface area contributed by atoms with E-state index in [4.69, 9.17) is 0 Å². The molecule has 1 saturated heterocycles. The monoisotopic (exact) mass is 404 g/mol. The number of nitrogens with one attached hydrogen (secondary N) is 2. The van der Waals surface area contributed by atoms with Crippen LogP contribution in [-0.4, -0.2) is 65.2 Å². The van der Waals surface area contributed by atoms with E-state index in [2.05, 4.69) is 15.4 Å². The maximum Gasteiger partial charge on any atom is 0.319 e. The van der Waals surface area contributed by atoms with Gasteiger partial charge in [0.2, 0.25) is 5.91 Å². The molecule has 1 aliphatic rings. The van der Waals surface area contributed by atoms with Gasteiger partial charge in [-0.2, -0.15) is 0 Å². The Morgan fingerprint density at radius 1 is 1.19 bits per heavy atom. The summed E-state index contributed by atoms with van der Waals surface area (Å²) in [7, 11) is -6.35. The first-order valence-corrected chi connectivity index (χ1v) is 11.0. The highest BCUT2D eigenvalue weighted by molar-refractivity contribution is 7.96. The van der Waals surface area contributed by atoms with Crippen molar-refractivity contribution in [3.63, 3.8) is 0 Å². The van der Waals surface area contributed by atoms with Gasteiger partial charge in [0.15, 0.2) is 19.7 Å². The molecule has 26 heavy (non-hydrogen) atoms. The molecule has 2 atom stereocenters. The number of esters is 1. The van der Waals surface area contributed by atoms with Gasteiger partial charge in [-0.3, -0.25) is 9.59 Å². The number of methoxy groups -OCH3 is 1. The van der Waals surface area contributed by atoms with Crippen molar-refractivity contribution in [1.29, 1.82) is 0 Å². The highest BCUT2D eigenvalue weighted by Gasteiger charge is 2.45. The second kappa shape index (κ2) is 7.72. The Morgan fingerprint density at radius 2 is 1.81 bits per heavy atom. The molecule has 0 radical (unpaired) electrons. The molecule has 1 aromatic carbocycles. The molecule has 11 heteroatoms. The standard InChI is InChI=1S/C15H20N2O7S2/c1-10(18)17-11-3-5-12(6-4-11)26(22,23)14-9-25(20,21)8-13(14)16-7-15(19)24-2/h3-6,13-14,16H,7-9H2,1-2H3,(H,17,18)/t13-,14-/m0/s1. The van der Waals surface area contributed by atoms with E-state index >= 15 is 0 Å². The number of carbonyl (C=O) groups is 2. The zero-order chi connectivity index (χ0) is 19.5. The van der Waals surface area contributed by atoms with Gasteiger partial charge in [0.05, 0.1) is 35.3 Å². The molecule has 0 bridgehead atoms. The maximum atomic E-state index is 12.9. The van der Waals surface area contributed by atoms with Crippen molar-refractivity contribution in [2.45, 2.75) is 23.1 Å². The molecule has 1 fully saturated rings. The number of sulfone groups is 2. The number of hydrogen-bond donors (Lipinski definition) is 2. The summed E-state index contributed by atoms with van der Waals surface area (Å²) in [5.74, 6) is -1.82. The lowest BCUT2D eigenvalue weighted by Gasteiger charge is -2.19. The largest absolute Gasteiger partial charge is 0.468 e. The highest BCUT2D eigenvalue weighted by Crippen LogP contribution is 2.26. The third kappa shape index (κ3) is 4.80. The summed E-state index contributed by atoms with van der Waals surface area (Å²) in [5.41, 5.74) is 0.427. The van der Waals surface area contributed by atoms with Crippen LogP contribution in [0.1, 0.15) is 6.92 Å². The van der Waals surface area contributed by atoms with Crippen molar-refractivity contribution < 1.29 is 31.2 Å². The summed E-state index contributed by atoms with van der Waals surface area (Å²) in [6.45, 7) is 1.04. The SMILES string of the molecule is COC(=O)CN[C@H]1CS(=O)(=O)C[C@@H]1S(=O)(=O)c1ccc(NC(C)=O)cc1. The number of hydrogen-bond acceptors (Lipinski definition) is 8. The minimum Gasteiger partial charge on any atom is -0.468 e. The molecule has 0 unspecified atom stereocenters. The summed E-state index contributed by atoms with van der Waals surface area (Å²) in [5, 5.41) is 3.96. The van der Waals surface area contributed by atoms with E-state index in [1.807, 2.05) is 0 Å². The second-order valence-corrected chi connectivity index (χ2v) is 10.3. The molecule has 1 aromatic rings. The Morgan fingerprint density at radius 3 is 2.35 bits per heavy atom. The van der Waals surface area contributed by atoms with Gasteiger partial charge < -0.3 is 15.4 Å².